The summed E-state index contributed by atoms with van der Waals surface area (Å²) in [6.45, 7) is 0.361. The average molecular weight is 593 g/mol. The Balaban J connectivity index is 1.34. The third-order valence-corrected chi connectivity index (χ3v) is 8.96. The maximum atomic E-state index is 10.6. The van der Waals surface area contributed by atoms with Gasteiger partial charge in [0.1, 0.15) is 23.4 Å². The predicted octanol–water partition coefficient (Wildman–Crippen LogP) is 6.38. The highest BCUT2D eigenvalue weighted by atomic mass is 16.6. The summed E-state index contributed by atoms with van der Waals surface area (Å²) in [5.41, 5.74) is 8.71. The van der Waals surface area contributed by atoms with E-state index in [0.29, 0.717) is 18.9 Å². The van der Waals surface area contributed by atoms with Crippen LogP contribution in [0.5, 0.6) is 28.7 Å². The summed E-state index contributed by atoms with van der Waals surface area (Å²) in [6, 6.07) is 21.6. The molecule has 1 aromatic heterocycles. The monoisotopic (exact) mass is 592 g/mol. The van der Waals surface area contributed by atoms with Gasteiger partial charge in [0.25, 0.3) is 0 Å². The number of aromatic amines is 1. The normalized spacial score (nSPS) is 18.7. The van der Waals surface area contributed by atoms with Gasteiger partial charge in [0, 0.05) is 35.3 Å². The molecule has 0 radical (unpaired) electrons. The van der Waals surface area contributed by atoms with Gasteiger partial charge >= 0.3 is 0 Å². The number of phenols is 2. The van der Waals surface area contributed by atoms with Crippen LogP contribution in [0, 0.1) is 0 Å². The molecule has 0 spiro atoms. The summed E-state index contributed by atoms with van der Waals surface area (Å²) in [5, 5.41) is 25.1. The number of phenolic OH excluding ortho intramolecular Hbond substituents is 2. The molecule has 44 heavy (non-hydrogen) atoms. The summed E-state index contributed by atoms with van der Waals surface area (Å²) in [5.74, 6) is 2.33. The molecule has 4 N–H and O–H groups in total. The molecule has 1 aliphatic heterocycles. The largest absolute Gasteiger partial charge is 0.508 e. The number of aromatic nitrogens is 1. The third-order valence-electron chi connectivity index (χ3n) is 8.96. The Bertz CT molecular complexity index is 1850. The molecule has 0 amide bonds. The standard InChI is InChI=1S/C36H36N2O6/c1-37-19-43-34-17-27-28-14-23(13-20-4-8-29-21(12-20)10-11-38-29)26-16-24(39)6-7-25(26)35(28)33(42-3)18-31(27)44-36(34)22-5-9-30(40)32(15-22)41-2/h4-12,15-16,18,23,34,36-40H,13-14,17,19H2,1-3H3. The Morgan fingerprint density at radius 2 is 1.77 bits per heavy atom. The van der Waals surface area contributed by atoms with Crippen LogP contribution >= 0.6 is 0 Å². The zero-order valence-corrected chi connectivity index (χ0v) is 25.0. The minimum Gasteiger partial charge on any atom is -0.508 e. The van der Waals surface area contributed by atoms with Crippen molar-refractivity contribution in [1.82, 2.24) is 10.3 Å². The van der Waals surface area contributed by atoms with Crippen LogP contribution in [0.4, 0.5) is 0 Å². The fourth-order valence-corrected chi connectivity index (χ4v) is 6.92. The first-order valence-corrected chi connectivity index (χ1v) is 14.9. The predicted molar refractivity (Wildman–Crippen MR) is 169 cm³/mol. The molecule has 1 aliphatic carbocycles. The molecule has 0 saturated carbocycles. The summed E-state index contributed by atoms with van der Waals surface area (Å²) >= 11 is 0. The quantitative estimate of drug-likeness (QED) is 0.155. The smallest absolute Gasteiger partial charge is 0.160 e. The van der Waals surface area contributed by atoms with Crippen molar-refractivity contribution in [3.8, 4) is 39.9 Å². The zero-order valence-electron chi connectivity index (χ0n) is 25.0. The molecule has 4 aromatic carbocycles. The van der Waals surface area contributed by atoms with Gasteiger partial charge in [0.15, 0.2) is 17.6 Å². The van der Waals surface area contributed by atoms with E-state index in [1.807, 2.05) is 37.5 Å². The van der Waals surface area contributed by atoms with Crippen LogP contribution in [-0.2, 0) is 24.0 Å². The number of hydrogen-bond donors (Lipinski definition) is 4. The lowest BCUT2D eigenvalue weighted by atomic mass is 9.73. The summed E-state index contributed by atoms with van der Waals surface area (Å²) < 4.78 is 24.5. The van der Waals surface area contributed by atoms with Crippen LogP contribution in [0.2, 0.25) is 0 Å². The van der Waals surface area contributed by atoms with Crippen LogP contribution < -0.4 is 19.5 Å². The molecule has 0 fully saturated rings. The van der Waals surface area contributed by atoms with Crippen LogP contribution in [0.25, 0.3) is 22.0 Å². The molecule has 2 aliphatic rings. The molecule has 7 rings (SSSR count). The van der Waals surface area contributed by atoms with E-state index in [-0.39, 0.29) is 23.5 Å². The van der Waals surface area contributed by atoms with Crippen LogP contribution in [-0.4, -0.2) is 49.3 Å². The molecule has 0 bridgehead atoms. The number of H-pyrrole nitrogens is 1. The first kappa shape index (κ1) is 28.1. The molecule has 3 unspecified atom stereocenters. The number of hydrogen-bond acceptors (Lipinski definition) is 7. The Morgan fingerprint density at radius 3 is 2.59 bits per heavy atom. The number of fused-ring (bicyclic) bond motifs is 6. The van der Waals surface area contributed by atoms with Gasteiger partial charge in [-0.25, -0.2) is 0 Å². The topological polar surface area (TPSA) is 105 Å². The first-order chi connectivity index (χ1) is 21.5. The maximum Gasteiger partial charge on any atom is 0.160 e. The van der Waals surface area contributed by atoms with Crippen molar-refractivity contribution in [2.45, 2.75) is 37.4 Å². The number of benzene rings is 4. The minimum absolute atomic E-state index is 0.0716. The second kappa shape index (κ2) is 11.4. The average Bonchev–Trinajstić information content (AvgIpc) is 3.51. The summed E-state index contributed by atoms with van der Waals surface area (Å²) in [7, 11) is 5.07. The molecule has 8 heteroatoms. The van der Waals surface area contributed by atoms with E-state index in [1.54, 1.807) is 25.3 Å². The van der Waals surface area contributed by atoms with Gasteiger partial charge in [0.2, 0.25) is 0 Å². The van der Waals surface area contributed by atoms with E-state index in [9.17, 15) is 10.2 Å². The fourth-order valence-electron chi connectivity index (χ4n) is 6.92. The minimum atomic E-state index is -0.426. The van der Waals surface area contributed by atoms with Gasteiger partial charge in [0.05, 0.1) is 21.0 Å². The maximum absolute atomic E-state index is 10.6. The van der Waals surface area contributed by atoms with Gasteiger partial charge in [-0.05, 0) is 101 Å². The molecule has 226 valence electrons. The number of rotatable bonds is 8. The van der Waals surface area contributed by atoms with Crippen molar-refractivity contribution in [2.24, 2.45) is 0 Å². The summed E-state index contributed by atoms with van der Waals surface area (Å²) in [6.07, 6.45) is 3.45. The zero-order chi connectivity index (χ0) is 30.4. The lowest BCUT2D eigenvalue weighted by molar-refractivity contribution is -0.0428. The molecule has 8 nitrogen and oxygen atoms in total. The van der Waals surface area contributed by atoms with Gasteiger partial charge < -0.3 is 34.1 Å². The van der Waals surface area contributed by atoms with Crippen LogP contribution in [0.1, 0.15) is 39.8 Å². The Kier molecular flexibility index (Phi) is 7.32. The number of nitrogens with one attached hydrogen (secondary N) is 2. The molecule has 5 aromatic rings. The number of ether oxygens (including phenoxy) is 4. The van der Waals surface area contributed by atoms with Gasteiger partial charge in [-0.1, -0.05) is 18.2 Å². The fraction of sp³-hybridized carbons (Fsp3) is 0.278. The second-order valence-corrected chi connectivity index (χ2v) is 11.6. The lowest BCUT2D eigenvalue weighted by Gasteiger charge is -2.38. The molecular formula is C36H36N2O6. The Morgan fingerprint density at radius 1 is 0.909 bits per heavy atom. The van der Waals surface area contributed by atoms with Crippen molar-refractivity contribution in [1.29, 1.82) is 0 Å². The van der Waals surface area contributed by atoms with Gasteiger partial charge in [-0.15, -0.1) is 0 Å². The van der Waals surface area contributed by atoms with E-state index in [4.69, 9.17) is 18.9 Å². The van der Waals surface area contributed by atoms with Crippen LogP contribution in [0.15, 0.2) is 72.9 Å². The van der Waals surface area contributed by atoms with Gasteiger partial charge in [-0.3, -0.25) is 5.32 Å². The van der Waals surface area contributed by atoms with E-state index < -0.39 is 6.10 Å². The molecule has 0 saturated heterocycles. The lowest BCUT2D eigenvalue weighted by Crippen LogP contribution is -2.36. The molecular weight excluding hydrogens is 556 g/mol. The Hall–Kier alpha value is -4.66. The highest BCUT2D eigenvalue weighted by Gasteiger charge is 2.38. The molecule has 3 atom stereocenters. The van der Waals surface area contributed by atoms with Crippen LogP contribution in [0.3, 0.4) is 0 Å². The van der Waals surface area contributed by atoms with E-state index in [0.717, 1.165) is 57.7 Å². The van der Waals surface area contributed by atoms with Crippen molar-refractivity contribution < 1.29 is 29.2 Å². The first-order valence-electron chi connectivity index (χ1n) is 14.9. The number of methoxy groups -OCH3 is 2. The summed E-state index contributed by atoms with van der Waals surface area (Å²) in [4.78, 5) is 3.28. The third kappa shape index (κ3) is 4.90. The molecule has 2 heterocycles. The SMILES string of the molecule is CNCOC1Cc2c(cc(OC)c3c2CC(Cc2ccc4[nH]ccc4c2)c2cc(O)ccc2-3)OC1c1ccc(O)c(OC)c1. The van der Waals surface area contributed by atoms with Crippen molar-refractivity contribution in [3.63, 3.8) is 0 Å². The highest BCUT2D eigenvalue weighted by Crippen LogP contribution is 2.52. The number of aromatic hydroxyl groups is 2. The van der Waals surface area contributed by atoms with E-state index in [2.05, 4.69) is 34.6 Å². The Labute approximate surface area is 256 Å². The van der Waals surface area contributed by atoms with E-state index >= 15 is 0 Å². The van der Waals surface area contributed by atoms with Gasteiger partial charge in [-0.2, -0.15) is 0 Å². The van der Waals surface area contributed by atoms with E-state index in [1.165, 1.54) is 23.6 Å². The van der Waals surface area contributed by atoms with Crippen molar-refractivity contribution >= 4 is 10.9 Å². The second-order valence-electron chi connectivity index (χ2n) is 11.6. The van der Waals surface area contributed by atoms with Crippen molar-refractivity contribution in [3.05, 3.63) is 101 Å². The highest BCUT2D eigenvalue weighted by molar-refractivity contribution is 5.83. The van der Waals surface area contributed by atoms with Crippen molar-refractivity contribution in [2.75, 3.05) is 28.0 Å².